The molecule has 2 N–H and O–H groups in total. The Morgan fingerprint density at radius 2 is 1.83 bits per heavy atom. The third-order valence-corrected chi connectivity index (χ3v) is 6.51. The molecule has 0 spiro atoms. The van der Waals surface area contributed by atoms with Gasteiger partial charge in [0.25, 0.3) is 0 Å². The van der Waals surface area contributed by atoms with Crippen LogP contribution >= 0.6 is 0 Å². The number of carbonyl (C=O) groups excluding carboxylic acids is 1. The smallest absolute Gasteiger partial charge is 0.243 e. The van der Waals surface area contributed by atoms with Crippen LogP contribution in [-0.4, -0.2) is 51.9 Å². The molecule has 1 aliphatic heterocycles. The minimum atomic E-state index is -3.48. The van der Waals surface area contributed by atoms with Gasteiger partial charge in [0.2, 0.25) is 15.9 Å². The lowest BCUT2D eigenvalue weighted by Gasteiger charge is -2.30. The molecule has 1 amide bonds. The van der Waals surface area contributed by atoms with E-state index in [1.165, 1.54) is 4.31 Å². The van der Waals surface area contributed by atoms with Gasteiger partial charge in [-0.1, -0.05) is 6.07 Å². The van der Waals surface area contributed by atoms with Crippen molar-refractivity contribution in [1.82, 2.24) is 14.9 Å². The maximum atomic E-state index is 12.8. The fourth-order valence-corrected chi connectivity index (χ4v) is 4.39. The maximum absolute atomic E-state index is 12.8. The molecule has 134 valence electrons. The number of benzene rings is 1. The monoisotopic (exact) mass is 353 g/mol. The number of sulfonamides is 1. The molecule has 7 heteroatoms. The summed E-state index contributed by atoms with van der Waals surface area (Å²) in [7, 11) is -1.64. The second-order valence-corrected chi connectivity index (χ2v) is 8.26. The van der Waals surface area contributed by atoms with E-state index >= 15 is 0 Å². The number of nitrogens with one attached hydrogen (secondary N) is 2. The van der Waals surface area contributed by atoms with Crippen LogP contribution in [0.25, 0.3) is 0 Å². The topological polar surface area (TPSA) is 78.5 Å². The number of likely N-dealkylation sites (N-methyl/N-ethyl adjacent to an activating group) is 1. The minimum Gasteiger partial charge on any atom is -0.355 e. The predicted molar refractivity (Wildman–Crippen MR) is 94.3 cm³/mol. The summed E-state index contributed by atoms with van der Waals surface area (Å²) in [4.78, 5) is 12.4. The van der Waals surface area contributed by atoms with Gasteiger partial charge in [-0.25, -0.2) is 8.42 Å². The molecule has 0 radical (unpaired) electrons. The first-order valence-electron chi connectivity index (χ1n) is 8.36. The van der Waals surface area contributed by atoms with Gasteiger partial charge >= 0.3 is 0 Å². The summed E-state index contributed by atoms with van der Waals surface area (Å²) < 4.78 is 27.0. The molecule has 1 heterocycles. The average molecular weight is 353 g/mol. The van der Waals surface area contributed by atoms with E-state index < -0.39 is 10.0 Å². The number of amides is 1. The van der Waals surface area contributed by atoms with Gasteiger partial charge in [0.1, 0.15) is 0 Å². The highest BCUT2D eigenvalue weighted by Gasteiger charge is 2.32. The van der Waals surface area contributed by atoms with Gasteiger partial charge < -0.3 is 10.6 Å². The van der Waals surface area contributed by atoms with Crippen molar-refractivity contribution in [3.05, 3.63) is 29.3 Å². The highest BCUT2D eigenvalue weighted by atomic mass is 32.2. The van der Waals surface area contributed by atoms with Gasteiger partial charge in [0.15, 0.2) is 0 Å². The van der Waals surface area contributed by atoms with E-state index in [1.807, 2.05) is 27.0 Å². The van der Waals surface area contributed by atoms with Crippen molar-refractivity contribution in [2.45, 2.75) is 31.6 Å². The van der Waals surface area contributed by atoms with Crippen LogP contribution < -0.4 is 10.6 Å². The van der Waals surface area contributed by atoms with Crippen molar-refractivity contribution < 1.29 is 13.2 Å². The van der Waals surface area contributed by atoms with Gasteiger partial charge in [0.05, 0.1) is 4.90 Å². The Kier molecular flexibility index (Phi) is 6.37. The predicted octanol–water partition coefficient (Wildman–Crippen LogP) is 1.04. The van der Waals surface area contributed by atoms with E-state index in [0.29, 0.717) is 37.4 Å². The average Bonchev–Trinajstić information content (AvgIpc) is 2.57. The third kappa shape index (κ3) is 4.34. The molecule has 0 aromatic heterocycles. The quantitative estimate of drug-likeness (QED) is 0.749. The van der Waals surface area contributed by atoms with Crippen LogP contribution in [0.15, 0.2) is 23.1 Å². The first kappa shape index (κ1) is 18.9. The Balaban J connectivity index is 1.98. The van der Waals surface area contributed by atoms with Gasteiger partial charge in [-0.3, -0.25) is 4.79 Å². The molecule has 1 aromatic rings. The number of hydrogen-bond donors (Lipinski definition) is 2. The molecule has 0 bridgehead atoms. The Morgan fingerprint density at radius 1 is 1.17 bits per heavy atom. The van der Waals surface area contributed by atoms with Crippen LogP contribution in [0.5, 0.6) is 0 Å². The molecule has 1 aliphatic rings. The summed E-state index contributed by atoms with van der Waals surface area (Å²) in [6.07, 6.45) is 1.13. The van der Waals surface area contributed by atoms with Crippen LogP contribution in [0, 0.1) is 19.8 Å². The Hall–Kier alpha value is -1.44. The second kappa shape index (κ2) is 8.09. The van der Waals surface area contributed by atoms with Crippen LogP contribution in [0.1, 0.15) is 24.0 Å². The molecule has 0 saturated carbocycles. The zero-order valence-corrected chi connectivity index (χ0v) is 15.4. The van der Waals surface area contributed by atoms with E-state index in [0.717, 1.165) is 17.7 Å². The summed E-state index contributed by atoms with van der Waals surface area (Å²) >= 11 is 0. The first-order valence-corrected chi connectivity index (χ1v) is 9.80. The summed E-state index contributed by atoms with van der Waals surface area (Å²) in [6, 6.07) is 5.22. The van der Waals surface area contributed by atoms with Gasteiger partial charge in [0, 0.05) is 32.1 Å². The molecule has 1 saturated heterocycles. The highest BCUT2D eigenvalue weighted by Crippen LogP contribution is 2.25. The molecular weight excluding hydrogens is 326 g/mol. The van der Waals surface area contributed by atoms with E-state index in [-0.39, 0.29) is 11.8 Å². The van der Waals surface area contributed by atoms with Gasteiger partial charge in [-0.05, 0) is 57.0 Å². The number of nitrogens with zero attached hydrogens (tertiary/aromatic N) is 1. The second-order valence-electron chi connectivity index (χ2n) is 6.32. The van der Waals surface area contributed by atoms with Crippen LogP contribution in [0.3, 0.4) is 0 Å². The number of aryl methyl sites for hydroxylation is 2. The molecule has 0 atom stereocenters. The summed E-state index contributed by atoms with van der Waals surface area (Å²) in [5.41, 5.74) is 2.04. The minimum absolute atomic E-state index is 0.0217. The summed E-state index contributed by atoms with van der Waals surface area (Å²) in [5, 5.41) is 5.86. The molecule has 0 aliphatic carbocycles. The zero-order valence-electron chi connectivity index (χ0n) is 14.6. The lowest BCUT2D eigenvalue weighted by atomic mass is 9.97. The normalized spacial score (nSPS) is 17.0. The van der Waals surface area contributed by atoms with Crippen molar-refractivity contribution >= 4 is 15.9 Å². The van der Waals surface area contributed by atoms with Crippen LogP contribution in [0.4, 0.5) is 0 Å². The Bertz CT molecular complexity index is 680. The van der Waals surface area contributed by atoms with Crippen molar-refractivity contribution in [2.24, 2.45) is 5.92 Å². The van der Waals surface area contributed by atoms with E-state index in [2.05, 4.69) is 10.6 Å². The molecule has 6 nitrogen and oxygen atoms in total. The lowest BCUT2D eigenvalue weighted by Crippen LogP contribution is -2.43. The van der Waals surface area contributed by atoms with Gasteiger partial charge in [-0.15, -0.1) is 0 Å². The standard InChI is InChI=1S/C17H27N3O3S/c1-13-4-5-16(12-14(13)2)24(22,23)20-10-6-15(7-11-20)17(21)19-9-8-18-3/h4-5,12,15,18H,6-11H2,1-3H3,(H,19,21). The first-order chi connectivity index (χ1) is 11.4. The van der Waals surface area contributed by atoms with Gasteiger partial charge in [-0.2, -0.15) is 4.31 Å². The van der Waals surface area contributed by atoms with E-state index in [4.69, 9.17) is 0 Å². The van der Waals surface area contributed by atoms with Crippen molar-refractivity contribution in [3.8, 4) is 0 Å². The fourth-order valence-electron chi connectivity index (χ4n) is 2.84. The number of carbonyl (C=O) groups is 1. The van der Waals surface area contributed by atoms with E-state index in [9.17, 15) is 13.2 Å². The Morgan fingerprint density at radius 3 is 2.42 bits per heavy atom. The maximum Gasteiger partial charge on any atom is 0.243 e. The Labute approximate surface area is 144 Å². The molecule has 2 rings (SSSR count). The van der Waals surface area contributed by atoms with Crippen molar-refractivity contribution in [1.29, 1.82) is 0 Å². The molecule has 24 heavy (non-hydrogen) atoms. The fraction of sp³-hybridized carbons (Fsp3) is 0.588. The number of hydrogen-bond acceptors (Lipinski definition) is 4. The zero-order chi connectivity index (χ0) is 17.7. The SMILES string of the molecule is CNCCNC(=O)C1CCN(S(=O)(=O)c2ccc(C)c(C)c2)CC1. The lowest BCUT2D eigenvalue weighted by molar-refractivity contribution is -0.126. The summed E-state index contributed by atoms with van der Waals surface area (Å²) in [6.45, 7) is 5.97. The van der Waals surface area contributed by atoms with Crippen molar-refractivity contribution in [3.63, 3.8) is 0 Å². The highest BCUT2D eigenvalue weighted by molar-refractivity contribution is 7.89. The molecule has 0 unspecified atom stereocenters. The molecule has 1 fully saturated rings. The number of rotatable bonds is 6. The largest absolute Gasteiger partial charge is 0.355 e. The van der Waals surface area contributed by atoms with Crippen LogP contribution in [-0.2, 0) is 14.8 Å². The third-order valence-electron chi connectivity index (χ3n) is 4.62. The van der Waals surface area contributed by atoms with E-state index in [1.54, 1.807) is 12.1 Å². The van der Waals surface area contributed by atoms with Crippen LogP contribution in [0.2, 0.25) is 0 Å². The molecule has 1 aromatic carbocycles. The number of piperidine rings is 1. The van der Waals surface area contributed by atoms with Crippen molar-refractivity contribution in [2.75, 3.05) is 33.2 Å². The summed E-state index contributed by atoms with van der Waals surface area (Å²) in [5.74, 6) is -0.0819. The molecular formula is C17H27N3O3S.